The number of anilines is 1. The molecule has 0 saturated carbocycles. The molecule has 2 N–H and O–H groups in total. The first-order valence-corrected chi connectivity index (χ1v) is 8.71. The van der Waals surface area contributed by atoms with Gasteiger partial charge >= 0.3 is 0 Å². The van der Waals surface area contributed by atoms with Gasteiger partial charge in [-0.25, -0.2) is 14.6 Å². The van der Waals surface area contributed by atoms with Crippen molar-refractivity contribution < 1.29 is 4.79 Å². The highest BCUT2D eigenvalue weighted by molar-refractivity contribution is 5.98. The Morgan fingerprint density at radius 3 is 2.81 bits per heavy atom. The first-order chi connectivity index (χ1) is 13.1. The number of carbonyl (C=O) groups is 1. The number of aromatic nitrogens is 6. The highest BCUT2D eigenvalue weighted by Gasteiger charge is 2.27. The fourth-order valence-corrected chi connectivity index (χ4v) is 3.53. The average molecular weight is 365 g/mol. The molecule has 3 aromatic heterocycles. The summed E-state index contributed by atoms with van der Waals surface area (Å²) >= 11 is 0. The summed E-state index contributed by atoms with van der Waals surface area (Å²) in [6, 6.07) is 2.01. The zero-order valence-corrected chi connectivity index (χ0v) is 14.9. The van der Waals surface area contributed by atoms with E-state index in [1.807, 2.05) is 24.0 Å². The molecular weight excluding hydrogens is 346 g/mol. The summed E-state index contributed by atoms with van der Waals surface area (Å²) in [6.07, 6.45) is 6.46. The van der Waals surface area contributed by atoms with Crippen molar-refractivity contribution in [3.63, 3.8) is 0 Å². The molecule has 4 rings (SSSR count). The number of hydrogen-bond donors (Lipinski definition) is 1. The van der Waals surface area contributed by atoms with E-state index < -0.39 is 0 Å². The number of piperidine rings is 1. The van der Waals surface area contributed by atoms with Crippen molar-refractivity contribution in [2.24, 2.45) is 7.05 Å². The third-order valence-corrected chi connectivity index (χ3v) is 4.89. The maximum atomic E-state index is 11.9. The van der Waals surface area contributed by atoms with Gasteiger partial charge in [-0.05, 0) is 12.8 Å². The van der Waals surface area contributed by atoms with Gasteiger partial charge in [-0.15, -0.1) is 0 Å². The normalized spacial score (nSPS) is 15.2. The monoisotopic (exact) mass is 365 g/mol. The number of hydrogen-bond acceptors (Lipinski definition) is 7. The molecular formula is C17H19N9O. The molecule has 1 amide bonds. The van der Waals surface area contributed by atoms with Crippen LogP contribution >= 0.6 is 0 Å². The topological polar surface area (TPSA) is 132 Å². The molecule has 0 radical (unpaired) electrons. The largest absolute Gasteiger partial charge is 0.383 e. The smallest absolute Gasteiger partial charge is 0.236 e. The second-order valence-electron chi connectivity index (χ2n) is 6.60. The standard InChI is InChI=1S/C17H19N9O/c1-24-9-11(8-22-24)15-14-16(19)20-10-21-17(14)26(23-15)12-3-6-25(7-4-12)13(27)2-5-18/h8-10,12H,2-4,6-7H2,1H3,(H2,19,20,21). The van der Waals surface area contributed by atoms with Crippen molar-refractivity contribution >= 4 is 22.8 Å². The van der Waals surface area contributed by atoms with Crippen molar-refractivity contribution in [3.05, 3.63) is 18.7 Å². The minimum Gasteiger partial charge on any atom is -0.383 e. The molecule has 1 aliphatic heterocycles. The first-order valence-electron chi connectivity index (χ1n) is 8.71. The Labute approximate surface area is 155 Å². The van der Waals surface area contributed by atoms with Gasteiger partial charge in [0.15, 0.2) is 5.65 Å². The molecule has 0 aromatic carbocycles. The van der Waals surface area contributed by atoms with Gasteiger partial charge < -0.3 is 10.6 Å². The average Bonchev–Trinajstić information content (AvgIpc) is 3.26. The number of likely N-dealkylation sites (tertiary alicyclic amines) is 1. The zero-order chi connectivity index (χ0) is 19.0. The Balaban J connectivity index is 1.69. The van der Waals surface area contributed by atoms with Crippen molar-refractivity contribution in [1.29, 1.82) is 5.26 Å². The van der Waals surface area contributed by atoms with Crippen LogP contribution < -0.4 is 5.73 Å². The number of rotatable bonds is 3. The van der Waals surface area contributed by atoms with E-state index in [1.165, 1.54) is 6.33 Å². The SMILES string of the molecule is Cn1cc(-c2nn(C3CCN(C(=O)CC#N)CC3)c3ncnc(N)c23)cn1. The lowest BCUT2D eigenvalue weighted by atomic mass is 10.0. The Hall–Kier alpha value is -3.48. The number of fused-ring (bicyclic) bond motifs is 1. The van der Waals surface area contributed by atoms with Crippen molar-refractivity contribution in [2.45, 2.75) is 25.3 Å². The van der Waals surface area contributed by atoms with Crippen LogP contribution in [0.4, 0.5) is 5.82 Å². The number of nitrogens with two attached hydrogens (primary N) is 1. The van der Waals surface area contributed by atoms with Crippen LogP contribution in [0.15, 0.2) is 18.7 Å². The minimum absolute atomic E-state index is 0.0791. The molecule has 1 fully saturated rings. The quantitative estimate of drug-likeness (QED) is 0.729. The van der Waals surface area contributed by atoms with Crippen molar-refractivity contribution in [2.75, 3.05) is 18.8 Å². The molecule has 0 spiro atoms. The molecule has 4 heterocycles. The first kappa shape index (κ1) is 17.0. The molecule has 0 atom stereocenters. The molecule has 138 valence electrons. The van der Waals surface area contributed by atoms with E-state index >= 15 is 0 Å². The van der Waals surface area contributed by atoms with Crippen LogP contribution in [-0.2, 0) is 11.8 Å². The fraction of sp³-hybridized carbons (Fsp3) is 0.412. The van der Waals surface area contributed by atoms with Gasteiger partial charge in [-0.3, -0.25) is 9.48 Å². The summed E-state index contributed by atoms with van der Waals surface area (Å²) in [7, 11) is 1.84. The zero-order valence-electron chi connectivity index (χ0n) is 14.9. The van der Waals surface area contributed by atoms with Gasteiger partial charge in [0.25, 0.3) is 0 Å². The van der Waals surface area contributed by atoms with E-state index in [9.17, 15) is 4.79 Å². The molecule has 1 saturated heterocycles. The van der Waals surface area contributed by atoms with Gasteiger partial charge in [-0.2, -0.15) is 15.5 Å². The van der Waals surface area contributed by atoms with Gasteiger partial charge in [0, 0.05) is 31.9 Å². The Bertz CT molecular complexity index is 1040. The third kappa shape index (κ3) is 2.97. The molecule has 0 aliphatic carbocycles. The lowest BCUT2D eigenvalue weighted by molar-refractivity contribution is -0.131. The molecule has 1 aliphatic rings. The van der Waals surface area contributed by atoms with E-state index in [2.05, 4.69) is 15.1 Å². The highest BCUT2D eigenvalue weighted by Crippen LogP contribution is 2.33. The number of nitrogens with zero attached hydrogens (tertiary/aromatic N) is 8. The number of nitrogen functional groups attached to an aromatic ring is 1. The number of amides is 1. The van der Waals surface area contributed by atoms with Crippen LogP contribution in [0.5, 0.6) is 0 Å². The molecule has 10 nitrogen and oxygen atoms in total. The van der Waals surface area contributed by atoms with Gasteiger partial charge in [0.1, 0.15) is 24.3 Å². The second kappa shape index (κ2) is 6.68. The van der Waals surface area contributed by atoms with Crippen LogP contribution in [0.1, 0.15) is 25.3 Å². The lowest BCUT2D eigenvalue weighted by Gasteiger charge is -2.31. The Kier molecular flexibility index (Phi) is 4.19. The number of carbonyl (C=O) groups excluding carboxylic acids is 1. The van der Waals surface area contributed by atoms with E-state index in [4.69, 9.17) is 16.1 Å². The predicted octanol–water partition coefficient (Wildman–Crippen LogP) is 0.886. The number of nitriles is 1. The van der Waals surface area contributed by atoms with E-state index in [0.29, 0.717) is 35.6 Å². The van der Waals surface area contributed by atoms with Crippen molar-refractivity contribution in [3.8, 4) is 17.3 Å². The maximum Gasteiger partial charge on any atom is 0.236 e. The van der Waals surface area contributed by atoms with Gasteiger partial charge in [0.2, 0.25) is 5.91 Å². The van der Waals surface area contributed by atoms with Gasteiger partial charge in [-0.1, -0.05) is 0 Å². The van der Waals surface area contributed by atoms with E-state index in [0.717, 1.165) is 18.4 Å². The minimum atomic E-state index is -0.121. The van der Waals surface area contributed by atoms with Crippen LogP contribution in [0.25, 0.3) is 22.3 Å². The predicted molar refractivity (Wildman–Crippen MR) is 97.0 cm³/mol. The highest BCUT2D eigenvalue weighted by atomic mass is 16.2. The molecule has 27 heavy (non-hydrogen) atoms. The summed E-state index contributed by atoms with van der Waals surface area (Å²) in [6.45, 7) is 1.19. The Morgan fingerprint density at radius 1 is 1.37 bits per heavy atom. The summed E-state index contributed by atoms with van der Waals surface area (Å²) in [5, 5.41) is 18.4. The van der Waals surface area contributed by atoms with Crippen LogP contribution in [0.2, 0.25) is 0 Å². The third-order valence-electron chi connectivity index (χ3n) is 4.89. The Morgan fingerprint density at radius 2 is 2.15 bits per heavy atom. The second-order valence-corrected chi connectivity index (χ2v) is 6.60. The summed E-state index contributed by atoms with van der Waals surface area (Å²) in [4.78, 5) is 22.2. The van der Waals surface area contributed by atoms with Crippen LogP contribution in [-0.4, -0.2) is 53.4 Å². The fourth-order valence-electron chi connectivity index (χ4n) is 3.53. The molecule has 0 unspecified atom stereocenters. The van der Waals surface area contributed by atoms with E-state index in [1.54, 1.807) is 15.8 Å². The molecule has 3 aromatic rings. The van der Waals surface area contributed by atoms with Crippen LogP contribution in [0, 0.1) is 11.3 Å². The van der Waals surface area contributed by atoms with Crippen molar-refractivity contribution in [1.82, 2.24) is 34.4 Å². The summed E-state index contributed by atoms with van der Waals surface area (Å²) in [5.74, 6) is 0.260. The lowest BCUT2D eigenvalue weighted by Crippen LogP contribution is -2.39. The summed E-state index contributed by atoms with van der Waals surface area (Å²) < 4.78 is 3.60. The molecule has 0 bridgehead atoms. The van der Waals surface area contributed by atoms with Gasteiger partial charge in [0.05, 0.1) is 23.7 Å². The van der Waals surface area contributed by atoms with Crippen LogP contribution in [0.3, 0.4) is 0 Å². The summed E-state index contributed by atoms with van der Waals surface area (Å²) in [5.41, 5.74) is 8.37. The maximum absolute atomic E-state index is 11.9. The number of aryl methyl sites for hydroxylation is 1. The molecule has 10 heteroatoms. The van der Waals surface area contributed by atoms with E-state index in [-0.39, 0.29) is 18.4 Å².